The van der Waals surface area contributed by atoms with Gasteiger partial charge in [0.1, 0.15) is 0 Å². The van der Waals surface area contributed by atoms with Gasteiger partial charge in [-0.1, -0.05) is 13.0 Å². The van der Waals surface area contributed by atoms with Crippen molar-refractivity contribution in [3.05, 3.63) is 29.3 Å². The number of amides is 1. The third-order valence-corrected chi connectivity index (χ3v) is 7.90. The molecule has 2 aliphatic rings. The molecule has 0 spiro atoms. The molecule has 0 aliphatic carbocycles. The van der Waals surface area contributed by atoms with Gasteiger partial charge >= 0.3 is 0 Å². The molecule has 1 saturated heterocycles. The van der Waals surface area contributed by atoms with Gasteiger partial charge in [-0.15, -0.1) is 11.8 Å². The quantitative estimate of drug-likeness (QED) is 0.785. The highest BCUT2D eigenvalue weighted by molar-refractivity contribution is 8.00. The molecule has 1 aromatic carbocycles. The lowest BCUT2D eigenvalue weighted by atomic mass is 10.00. The fourth-order valence-electron chi connectivity index (χ4n) is 3.54. The molecule has 1 unspecified atom stereocenters. The fourth-order valence-corrected chi connectivity index (χ4v) is 5.90. The summed E-state index contributed by atoms with van der Waals surface area (Å²) >= 11 is 1.64. The Morgan fingerprint density at radius 3 is 2.60 bits per heavy atom. The van der Waals surface area contributed by atoms with Gasteiger partial charge in [0.05, 0.1) is 10.1 Å². The van der Waals surface area contributed by atoms with Crippen molar-refractivity contribution in [1.82, 2.24) is 9.21 Å². The van der Waals surface area contributed by atoms with Crippen molar-refractivity contribution in [2.45, 2.75) is 49.8 Å². The molecule has 1 aromatic rings. The smallest absolute Gasteiger partial charge is 0.243 e. The van der Waals surface area contributed by atoms with E-state index in [1.165, 1.54) is 0 Å². The molecule has 0 N–H and O–H groups in total. The van der Waals surface area contributed by atoms with Crippen LogP contribution in [0, 0.1) is 0 Å². The Kier molecular flexibility index (Phi) is 5.75. The first kappa shape index (κ1) is 18.7. The van der Waals surface area contributed by atoms with Crippen molar-refractivity contribution in [2.24, 2.45) is 0 Å². The van der Waals surface area contributed by atoms with E-state index in [0.29, 0.717) is 31.1 Å². The van der Waals surface area contributed by atoms with E-state index in [2.05, 4.69) is 6.92 Å². The summed E-state index contributed by atoms with van der Waals surface area (Å²) in [5.74, 6) is 1.06. The molecule has 2 heterocycles. The summed E-state index contributed by atoms with van der Waals surface area (Å²) in [6, 6.07) is 5.42. The summed E-state index contributed by atoms with van der Waals surface area (Å²) in [7, 11) is -3.41. The van der Waals surface area contributed by atoms with Gasteiger partial charge in [-0.2, -0.15) is 4.31 Å². The van der Waals surface area contributed by atoms with Crippen LogP contribution in [0.3, 0.4) is 0 Å². The standard InChI is InChI=1S/C18H26N2O3S2/c1-3-24-14(2)18(21)19-11-8-15-6-7-17(12-16(15)13-19)25(22,23)20-9-4-5-10-20/h6-7,12,14H,3-5,8-11,13H2,1-2H3. The molecule has 0 bridgehead atoms. The van der Waals surface area contributed by atoms with Crippen LogP contribution in [0.4, 0.5) is 0 Å². The molecule has 1 fully saturated rings. The molecule has 138 valence electrons. The van der Waals surface area contributed by atoms with E-state index in [0.717, 1.165) is 36.1 Å². The number of carbonyl (C=O) groups is 1. The van der Waals surface area contributed by atoms with Gasteiger partial charge in [-0.3, -0.25) is 4.79 Å². The largest absolute Gasteiger partial charge is 0.337 e. The molecule has 0 saturated carbocycles. The number of thioether (sulfide) groups is 1. The van der Waals surface area contributed by atoms with Crippen LogP contribution < -0.4 is 0 Å². The monoisotopic (exact) mass is 382 g/mol. The first-order chi connectivity index (χ1) is 11.9. The zero-order valence-electron chi connectivity index (χ0n) is 14.9. The van der Waals surface area contributed by atoms with Crippen LogP contribution in [0.5, 0.6) is 0 Å². The average Bonchev–Trinajstić information content (AvgIpc) is 3.15. The van der Waals surface area contributed by atoms with Crippen LogP contribution in [0.2, 0.25) is 0 Å². The van der Waals surface area contributed by atoms with Crippen molar-refractivity contribution in [3.8, 4) is 0 Å². The average molecular weight is 383 g/mol. The van der Waals surface area contributed by atoms with Gasteiger partial charge in [0.15, 0.2) is 0 Å². The van der Waals surface area contributed by atoms with Crippen LogP contribution in [0.15, 0.2) is 23.1 Å². The number of nitrogens with zero attached hydrogens (tertiary/aromatic N) is 2. The molecule has 0 aromatic heterocycles. The van der Waals surface area contributed by atoms with E-state index < -0.39 is 10.0 Å². The maximum atomic E-state index is 12.8. The second-order valence-corrected chi connectivity index (χ2v) is 10.2. The Morgan fingerprint density at radius 2 is 1.92 bits per heavy atom. The second kappa shape index (κ2) is 7.68. The van der Waals surface area contributed by atoms with Crippen LogP contribution in [-0.2, 0) is 27.8 Å². The normalized spacial score (nSPS) is 19.7. The van der Waals surface area contributed by atoms with Crippen LogP contribution >= 0.6 is 11.8 Å². The Morgan fingerprint density at radius 1 is 1.20 bits per heavy atom. The summed E-state index contributed by atoms with van der Waals surface area (Å²) < 4.78 is 27.1. The van der Waals surface area contributed by atoms with Gasteiger partial charge in [0, 0.05) is 26.2 Å². The van der Waals surface area contributed by atoms with Crippen molar-refractivity contribution in [1.29, 1.82) is 0 Å². The summed E-state index contributed by atoms with van der Waals surface area (Å²) in [5, 5.41) is -0.0527. The topological polar surface area (TPSA) is 57.7 Å². The van der Waals surface area contributed by atoms with Gasteiger partial charge in [0.25, 0.3) is 0 Å². The Balaban J connectivity index is 1.81. The number of benzene rings is 1. The summed E-state index contributed by atoms with van der Waals surface area (Å²) in [5.41, 5.74) is 2.12. The molecule has 7 heteroatoms. The zero-order chi connectivity index (χ0) is 18.0. The van der Waals surface area contributed by atoms with Crippen molar-refractivity contribution in [3.63, 3.8) is 0 Å². The van der Waals surface area contributed by atoms with Gasteiger partial charge in [-0.25, -0.2) is 8.42 Å². The lowest BCUT2D eigenvalue weighted by Gasteiger charge is -2.31. The van der Waals surface area contributed by atoms with E-state index in [4.69, 9.17) is 0 Å². The zero-order valence-corrected chi connectivity index (χ0v) is 16.5. The molecule has 2 aliphatic heterocycles. The minimum atomic E-state index is -3.41. The summed E-state index contributed by atoms with van der Waals surface area (Å²) in [6.07, 6.45) is 2.65. The third kappa shape index (κ3) is 3.88. The molecule has 1 amide bonds. The van der Waals surface area contributed by atoms with E-state index in [1.54, 1.807) is 28.2 Å². The highest BCUT2D eigenvalue weighted by atomic mass is 32.2. The van der Waals surface area contributed by atoms with Crippen LogP contribution in [0.1, 0.15) is 37.8 Å². The minimum Gasteiger partial charge on any atom is -0.337 e. The van der Waals surface area contributed by atoms with Gasteiger partial charge < -0.3 is 4.90 Å². The number of rotatable bonds is 5. The van der Waals surface area contributed by atoms with Crippen molar-refractivity contribution >= 4 is 27.7 Å². The second-order valence-electron chi connectivity index (χ2n) is 6.65. The molecule has 25 heavy (non-hydrogen) atoms. The summed E-state index contributed by atoms with van der Waals surface area (Å²) in [6.45, 7) is 6.42. The molecular formula is C18H26N2O3S2. The number of hydrogen-bond acceptors (Lipinski definition) is 4. The molecule has 1 atom stereocenters. The fraction of sp³-hybridized carbons (Fsp3) is 0.611. The highest BCUT2D eigenvalue weighted by Gasteiger charge is 2.29. The van der Waals surface area contributed by atoms with Crippen LogP contribution in [-0.4, -0.2) is 54.2 Å². The molecule has 5 nitrogen and oxygen atoms in total. The third-order valence-electron chi connectivity index (χ3n) is 4.97. The maximum Gasteiger partial charge on any atom is 0.243 e. The molecular weight excluding hydrogens is 356 g/mol. The van der Waals surface area contributed by atoms with Crippen LogP contribution in [0.25, 0.3) is 0 Å². The van der Waals surface area contributed by atoms with Crippen molar-refractivity contribution < 1.29 is 13.2 Å². The SMILES string of the molecule is CCSC(C)C(=O)N1CCc2ccc(S(=O)(=O)N3CCCC3)cc2C1. The number of hydrogen-bond donors (Lipinski definition) is 0. The maximum absolute atomic E-state index is 12.8. The predicted molar refractivity (Wildman–Crippen MR) is 101 cm³/mol. The Labute approximate surface area is 154 Å². The number of fused-ring (bicyclic) bond motifs is 1. The lowest BCUT2D eigenvalue weighted by Crippen LogP contribution is -2.40. The molecule has 0 radical (unpaired) electrons. The van der Waals surface area contributed by atoms with Gasteiger partial charge in [-0.05, 0) is 55.2 Å². The Bertz CT molecular complexity index is 743. The van der Waals surface area contributed by atoms with E-state index in [1.807, 2.05) is 17.9 Å². The lowest BCUT2D eigenvalue weighted by molar-refractivity contribution is -0.131. The Hall–Kier alpha value is -1.05. The van der Waals surface area contributed by atoms with E-state index in [9.17, 15) is 13.2 Å². The highest BCUT2D eigenvalue weighted by Crippen LogP contribution is 2.27. The van der Waals surface area contributed by atoms with Crippen molar-refractivity contribution in [2.75, 3.05) is 25.4 Å². The summed E-state index contributed by atoms with van der Waals surface area (Å²) in [4.78, 5) is 14.8. The number of carbonyl (C=O) groups excluding carboxylic acids is 1. The number of sulfonamides is 1. The van der Waals surface area contributed by atoms with Gasteiger partial charge in [0.2, 0.25) is 15.9 Å². The minimum absolute atomic E-state index is 0.0527. The first-order valence-corrected chi connectivity index (χ1v) is 11.4. The predicted octanol–water partition coefficient (Wildman–Crippen LogP) is 2.50. The van der Waals surface area contributed by atoms with E-state index >= 15 is 0 Å². The first-order valence-electron chi connectivity index (χ1n) is 8.96. The van der Waals surface area contributed by atoms with E-state index in [-0.39, 0.29) is 11.2 Å². The molecule has 3 rings (SSSR count).